The van der Waals surface area contributed by atoms with E-state index in [4.69, 9.17) is 29.4 Å². The van der Waals surface area contributed by atoms with Gasteiger partial charge in [-0.1, -0.05) is 0 Å². The zero-order valence-corrected chi connectivity index (χ0v) is 18.7. The van der Waals surface area contributed by atoms with Crippen LogP contribution in [0.1, 0.15) is 1.43 Å². The quantitative estimate of drug-likeness (QED) is 0.148. The van der Waals surface area contributed by atoms with Gasteiger partial charge in [-0.3, -0.25) is 0 Å². The Morgan fingerprint density at radius 2 is 0.842 bits per heavy atom. The molecule has 0 fully saturated rings. The first-order chi connectivity index (χ1) is 7.12. The molecule has 0 bridgehead atoms. The first kappa shape index (κ1) is 27.4. The van der Waals surface area contributed by atoms with Crippen molar-refractivity contribution in [3.8, 4) is 0 Å². The maximum Gasteiger partial charge on any atom is 1.00 e. The number of hydrogen-bond donors (Lipinski definition) is 6. The van der Waals surface area contributed by atoms with Crippen LogP contribution in [0.2, 0.25) is 0 Å². The van der Waals surface area contributed by atoms with Crippen molar-refractivity contribution in [1.29, 1.82) is 0 Å². The van der Waals surface area contributed by atoms with Crippen molar-refractivity contribution in [3.05, 3.63) is 0 Å². The Balaban J connectivity index is -0.000000427. The van der Waals surface area contributed by atoms with Gasteiger partial charge in [-0.2, -0.15) is 12.9 Å². The van der Waals surface area contributed by atoms with Gasteiger partial charge in [0.05, 0.1) is 0 Å². The van der Waals surface area contributed by atoms with Crippen LogP contribution in [0.5, 0.6) is 0 Å². The van der Waals surface area contributed by atoms with Crippen molar-refractivity contribution >= 4 is 31.3 Å². The molecule has 0 radical (unpaired) electrons. The van der Waals surface area contributed by atoms with Crippen LogP contribution in [0.15, 0.2) is 0 Å². The molecule has 19 heavy (non-hydrogen) atoms. The van der Waals surface area contributed by atoms with Crippen LogP contribution in [0.3, 0.4) is 0 Å². The Hall–Kier alpha value is 3.55. The molecule has 110 valence electrons. The molecule has 0 rings (SSSR count). The SMILES string of the molecule is O=P(O)(O)OP(=O)(O)OP(=O)(O)OP(=O)(O)O.[H-].[K+].[Nd]. The maximum absolute atomic E-state index is 10.7. The summed E-state index contributed by atoms with van der Waals surface area (Å²) in [6.45, 7) is 0. The Bertz CT molecular complexity index is 419. The van der Waals surface area contributed by atoms with E-state index in [1.54, 1.807) is 0 Å². The van der Waals surface area contributed by atoms with Crippen LogP contribution in [0.25, 0.3) is 0 Å². The zero-order valence-electron chi connectivity index (χ0n) is 9.83. The molecule has 2 atom stereocenters. The maximum atomic E-state index is 10.7. The second-order valence-corrected chi connectivity index (χ2v) is 7.96. The summed E-state index contributed by atoms with van der Waals surface area (Å²) < 4.78 is 50.9. The summed E-state index contributed by atoms with van der Waals surface area (Å²) in [6, 6.07) is 0. The van der Waals surface area contributed by atoms with E-state index in [1.165, 1.54) is 0 Å². The molecule has 0 aliphatic carbocycles. The Labute approximate surface area is 182 Å². The smallest absolute Gasteiger partial charge is 1.00 e. The fourth-order valence-corrected chi connectivity index (χ4v) is 4.40. The summed E-state index contributed by atoms with van der Waals surface area (Å²) in [7, 11) is -22.6. The van der Waals surface area contributed by atoms with Crippen LogP contribution < -0.4 is 51.4 Å². The third kappa shape index (κ3) is 17.7. The molecule has 0 aromatic rings. The number of rotatable bonds is 6. The van der Waals surface area contributed by atoms with Crippen molar-refractivity contribution in [2.75, 3.05) is 0 Å². The van der Waals surface area contributed by atoms with Crippen LogP contribution in [0.4, 0.5) is 0 Å². The van der Waals surface area contributed by atoms with Crippen LogP contribution in [0, 0.1) is 40.8 Å². The summed E-state index contributed by atoms with van der Waals surface area (Å²) >= 11 is 0. The monoisotopic (exact) mass is 520 g/mol. The van der Waals surface area contributed by atoms with Gasteiger partial charge < -0.3 is 30.8 Å². The predicted octanol–water partition coefficient (Wildman–Crippen LogP) is -3.46. The first-order valence-corrected chi connectivity index (χ1v) is 9.08. The summed E-state index contributed by atoms with van der Waals surface area (Å²) in [4.78, 5) is 49.4. The van der Waals surface area contributed by atoms with E-state index < -0.39 is 31.3 Å². The van der Waals surface area contributed by atoms with E-state index in [9.17, 15) is 18.3 Å². The third-order valence-corrected chi connectivity index (χ3v) is 5.63. The Morgan fingerprint density at radius 1 is 0.632 bits per heavy atom. The zero-order chi connectivity index (χ0) is 14.1. The molecule has 0 saturated heterocycles. The molecule has 0 aliphatic heterocycles. The van der Waals surface area contributed by atoms with E-state index in [1.807, 2.05) is 0 Å². The molecule has 0 amide bonds. The van der Waals surface area contributed by atoms with Crippen molar-refractivity contribution < 1.29 is 154 Å². The fraction of sp³-hybridized carbons (Fsp3) is 0. The summed E-state index contributed by atoms with van der Waals surface area (Å²) in [6.07, 6.45) is 0. The van der Waals surface area contributed by atoms with Gasteiger partial charge in [0, 0.05) is 40.8 Å². The molecular weight excluding hydrogens is 515 g/mol. The molecule has 0 saturated carbocycles. The van der Waals surface area contributed by atoms with Crippen molar-refractivity contribution in [3.63, 3.8) is 0 Å². The topological polar surface area (TPSA) is 217 Å². The van der Waals surface area contributed by atoms with Gasteiger partial charge in [-0.05, 0) is 0 Å². The third-order valence-electron chi connectivity index (χ3n) is 0.625. The van der Waals surface area contributed by atoms with E-state index >= 15 is 0 Å². The van der Waals surface area contributed by atoms with E-state index in [-0.39, 0.29) is 93.6 Å². The Morgan fingerprint density at radius 3 is 1.00 bits per heavy atom. The second-order valence-electron chi connectivity index (χ2n) is 2.16. The van der Waals surface area contributed by atoms with Crippen molar-refractivity contribution in [2.24, 2.45) is 0 Å². The molecule has 19 heteroatoms. The van der Waals surface area contributed by atoms with E-state index in [0.29, 0.717) is 0 Å². The molecule has 0 aromatic heterocycles. The minimum absolute atomic E-state index is 0. The normalized spacial score (nSPS) is 18.4. The first-order valence-electron chi connectivity index (χ1n) is 3.03. The molecule has 6 N–H and O–H groups in total. The molecule has 0 heterocycles. The van der Waals surface area contributed by atoms with Crippen LogP contribution in [-0.2, 0) is 31.2 Å². The van der Waals surface area contributed by atoms with Gasteiger partial charge in [0.25, 0.3) is 0 Å². The van der Waals surface area contributed by atoms with Crippen LogP contribution in [-0.4, -0.2) is 29.4 Å². The Kier molecular flexibility index (Phi) is 14.1. The molecule has 0 spiro atoms. The van der Waals surface area contributed by atoms with Gasteiger partial charge in [0.1, 0.15) is 0 Å². The standard InChI is InChI=1S/K.Nd.H6O13P4.H/c;;1-14(2,3)11-16(7,8)13-17(9,10)12-15(4,5)6;/h;;(H,7,8)(H,9,10)(H2,1,2,3)(H2,4,5,6);/q+1;;;-1. The minimum Gasteiger partial charge on any atom is -1.00 e. The summed E-state index contributed by atoms with van der Waals surface area (Å²) in [5, 5.41) is 0. The van der Waals surface area contributed by atoms with Gasteiger partial charge >= 0.3 is 82.7 Å². The van der Waals surface area contributed by atoms with Gasteiger partial charge in [-0.25, -0.2) is 18.3 Å². The number of hydrogen-bond acceptors (Lipinski definition) is 7. The van der Waals surface area contributed by atoms with Gasteiger partial charge in [0.15, 0.2) is 0 Å². The molecule has 2 unspecified atom stereocenters. The average molecular weight is 522 g/mol. The minimum atomic E-state index is -5.77. The van der Waals surface area contributed by atoms with Crippen LogP contribution >= 0.6 is 31.3 Å². The predicted molar refractivity (Wildman–Crippen MR) is 48.1 cm³/mol. The van der Waals surface area contributed by atoms with Gasteiger partial charge in [0.2, 0.25) is 0 Å². The second kappa shape index (κ2) is 9.75. The van der Waals surface area contributed by atoms with E-state index in [2.05, 4.69) is 12.9 Å². The molecule has 0 aliphatic rings. The van der Waals surface area contributed by atoms with Crippen molar-refractivity contribution in [1.82, 2.24) is 0 Å². The summed E-state index contributed by atoms with van der Waals surface area (Å²) in [5.41, 5.74) is 0. The average Bonchev–Trinajstić information content (AvgIpc) is 1.65. The molecule has 13 nitrogen and oxygen atoms in total. The van der Waals surface area contributed by atoms with E-state index in [0.717, 1.165) is 0 Å². The van der Waals surface area contributed by atoms with Gasteiger partial charge in [-0.15, -0.1) is 0 Å². The van der Waals surface area contributed by atoms with Crippen molar-refractivity contribution in [2.45, 2.75) is 0 Å². The number of phosphoric acid groups is 4. The summed E-state index contributed by atoms with van der Waals surface area (Å²) in [5.74, 6) is 0. The molecular formula is H7KNdO13P4. The fourth-order valence-electron chi connectivity index (χ4n) is 0.429. The molecule has 0 aromatic carbocycles. The largest absolute Gasteiger partial charge is 1.00 e.